The van der Waals surface area contributed by atoms with Crippen molar-refractivity contribution in [1.29, 1.82) is 0 Å². The largest absolute Gasteiger partial charge is 0.481 e. The summed E-state index contributed by atoms with van der Waals surface area (Å²) in [7, 11) is 0. The van der Waals surface area contributed by atoms with E-state index in [2.05, 4.69) is 39.2 Å². The number of nitrogens with two attached hydrogens (primary N) is 2. The smallest absolute Gasteiger partial charge is 0.326 e. The third-order valence-electron chi connectivity index (χ3n) is 6.93. The Labute approximate surface area is 300 Å². The quantitative estimate of drug-likeness (QED) is 0.0450. The number of unbranched alkanes of at least 4 members (excludes halogenated alkanes) is 1. The number of carbonyl (C=O) groups is 7. The molecule has 0 aliphatic heterocycles. The Morgan fingerprint density at radius 1 is 0.600 bits per heavy atom. The molecule has 0 rings (SSSR count). The van der Waals surface area contributed by atoms with Crippen LogP contribution < -0.4 is 38.1 Å². The van der Waals surface area contributed by atoms with Crippen LogP contribution in [0.2, 0.25) is 0 Å². The molecule has 0 fully saturated rings. The van der Waals surface area contributed by atoms with Gasteiger partial charge in [-0.25, -0.2) is 4.79 Å². The number of hydrogen-bond acceptors (Lipinski definition) is 11. The topological polar surface area (TPSA) is 292 Å². The SMILES string of the molecule is CC(=O)O.CC(C)C[C@H](NC(=O)[C@H](CO)NC(=O)[C@H](CC(C)C)NC(=O)[C@H](CCCCN)NC(=O)[C@H](CS)NC(=O)[C@@H](N)CC(C)C)C(=O)O. The Hall–Kier alpha value is -3.48. The summed E-state index contributed by atoms with van der Waals surface area (Å²) in [6.45, 7) is 11.7. The first-order valence-corrected chi connectivity index (χ1v) is 17.4. The third kappa shape index (κ3) is 22.3. The van der Waals surface area contributed by atoms with E-state index < -0.39 is 84.3 Å². The van der Waals surface area contributed by atoms with Gasteiger partial charge in [-0.15, -0.1) is 0 Å². The van der Waals surface area contributed by atoms with Gasteiger partial charge in [0.1, 0.15) is 30.2 Å². The predicted molar refractivity (Wildman–Crippen MR) is 191 cm³/mol. The monoisotopic (exact) mass is 735 g/mol. The zero-order valence-corrected chi connectivity index (χ0v) is 31.3. The summed E-state index contributed by atoms with van der Waals surface area (Å²) >= 11 is 4.18. The summed E-state index contributed by atoms with van der Waals surface area (Å²) in [6.07, 6.45) is 1.91. The lowest BCUT2D eigenvalue weighted by Gasteiger charge is -2.27. The normalized spacial score (nSPS) is 14.6. The number of aliphatic hydroxyl groups is 1. The molecular weight excluding hydrogens is 674 g/mol. The van der Waals surface area contributed by atoms with Crippen LogP contribution in [0.1, 0.15) is 87.0 Å². The lowest BCUT2D eigenvalue weighted by molar-refractivity contribution is -0.143. The second-order valence-corrected chi connectivity index (χ2v) is 13.7. The van der Waals surface area contributed by atoms with Crippen molar-refractivity contribution >= 4 is 54.1 Å². The lowest BCUT2D eigenvalue weighted by atomic mass is 10.0. The number of carboxylic acids is 2. The molecule has 0 saturated heterocycles. The van der Waals surface area contributed by atoms with Crippen LogP contribution in [0.3, 0.4) is 0 Å². The number of rotatable bonds is 23. The fourth-order valence-electron chi connectivity index (χ4n) is 4.53. The number of aliphatic hydroxyl groups excluding tert-OH is 1. The fraction of sp³-hybridized carbons (Fsp3) is 0.781. The average Bonchev–Trinajstić information content (AvgIpc) is 2.99. The average molecular weight is 736 g/mol. The summed E-state index contributed by atoms with van der Waals surface area (Å²) in [6, 6.07) is -6.88. The maximum Gasteiger partial charge on any atom is 0.326 e. The number of aliphatic carboxylic acids is 2. The van der Waals surface area contributed by atoms with Crippen LogP contribution in [0, 0.1) is 17.8 Å². The third-order valence-corrected chi connectivity index (χ3v) is 7.30. The second-order valence-electron chi connectivity index (χ2n) is 13.3. The number of hydrogen-bond donors (Lipinski definition) is 11. The Balaban J connectivity index is 0. The van der Waals surface area contributed by atoms with Gasteiger partial charge in [0.25, 0.3) is 5.97 Å². The zero-order valence-electron chi connectivity index (χ0n) is 30.4. The van der Waals surface area contributed by atoms with Gasteiger partial charge in [0.2, 0.25) is 29.5 Å². The van der Waals surface area contributed by atoms with E-state index in [1.807, 2.05) is 27.7 Å². The van der Waals surface area contributed by atoms with E-state index in [-0.39, 0.29) is 42.8 Å². The van der Waals surface area contributed by atoms with Gasteiger partial charge in [-0.05, 0) is 62.8 Å². The highest BCUT2D eigenvalue weighted by atomic mass is 32.1. The molecule has 0 heterocycles. The first-order valence-electron chi connectivity index (χ1n) is 16.8. The van der Waals surface area contributed by atoms with Crippen LogP contribution in [0.15, 0.2) is 0 Å². The molecular formula is C32H61N7O10S. The van der Waals surface area contributed by atoms with E-state index in [4.69, 9.17) is 21.4 Å². The van der Waals surface area contributed by atoms with Crippen molar-refractivity contribution < 1.29 is 48.9 Å². The molecule has 50 heavy (non-hydrogen) atoms. The van der Waals surface area contributed by atoms with Crippen LogP contribution in [0.5, 0.6) is 0 Å². The molecule has 0 unspecified atom stereocenters. The molecule has 0 aromatic rings. The Bertz CT molecular complexity index is 1090. The number of carbonyl (C=O) groups excluding carboxylic acids is 5. The first kappa shape index (κ1) is 48.6. The van der Waals surface area contributed by atoms with Crippen LogP contribution in [0.25, 0.3) is 0 Å². The van der Waals surface area contributed by atoms with Gasteiger partial charge in [-0.1, -0.05) is 41.5 Å². The van der Waals surface area contributed by atoms with Crippen molar-refractivity contribution in [2.75, 3.05) is 18.9 Å². The van der Waals surface area contributed by atoms with Crippen molar-refractivity contribution in [3.63, 3.8) is 0 Å². The van der Waals surface area contributed by atoms with Gasteiger partial charge in [0.15, 0.2) is 0 Å². The molecule has 5 amide bonds. The molecule has 0 aromatic carbocycles. The van der Waals surface area contributed by atoms with Gasteiger partial charge < -0.3 is 53.4 Å². The Kier molecular flexibility index (Phi) is 25.6. The van der Waals surface area contributed by atoms with Gasteiger partial charge >= 0.3 is 5.97 Å². The molecule has 12 N–H and O–H groups in total. The number of thiol groups is 1. The van der Waals surface area contributed by atoms with Crippen molar-refractivity contribution in [2.24, 2.45) is 29.2 Å². The van der Waals surface area contributed by atoms with Crippen molar-refractivity contribution in [3.8, 4) is 0 Å². The molecule has 0 aromatic heterocycles. The van der Waals surface area contributed by atoms with Crippen LogP contribution in [0.4, 0.5) is 0 Å². The second kappa shape index (κ2) is 26.3. The maximum absolute atomic E-state index is 13.5. The predicted octanol–water partition coefficient (Wildman–Crippen LogP) is -0.897. The van der Waals surface area contributed by atoms with E-state index in [0.29, 0.717) is 25.8 Å². The number of carboxylic acid groups (broad SMARTS) is 2. The highest BCUT2D eigenvalue weighted by molar-refractivity contribution is 7.80. The standard InChI is InChI=1S/C30H57N7O8S.C2H4O2/c1-16(2)11-19(32)25(39)37-24(15-46)29(43)33-20(9-7-8-10-31)26(40)34-21(12-17(3)4)27(41)36-23(14-38)28(42)35-22(30(44)45)13-18(5)6;1-2(3)4/h16-24,38,46H,7-15,31-32H2,1-6H3,(H,33,43)(H,34,40)(H,35,42)(H,36,41)(H,37,39)(H,44,45);1H3,(H,3,4)/t19-,20-,21-,22-,23-,24-;/m0./s1. The van der Waals surface area contributed by atoms with Crippen LogP contribution >= 0.6 is 12.6 Å². The lowest BCUT2D eigenvalue weighted by Crippen LogP contribution is -2.60. The Morgan fingerprint density at radius 2 is 0.980 bits per heavy atom. The van der Waals surface area contributed by atoms with E-state index in [1.54, 1.807) is 13.8 Å². The van der Waals surface area contributed by atoms with Gasteiger partial charge in [0.05, 0.1) is 12.6 Å². The highest BCUT2D eigenvalue weighted by Gasteiger charge is 2.33. The fourth-order valence-corrected chi connectivity index (χ4v) is 4.79. The number of amides is 5. The minimum atomic E-state index is -1.48. The Morgan fingerprint density at radius 3 is 1.42 bits per heavy atom. The number of nitrogens with one attached hydrogen (secondary N) is 5. The molecule has 17 nitrogen and oxygen atoms in total. The summed E-state index contributed by atoms with van der Waals surface area (Å²) in [4.78, 5) is 85.8. The highest BCUT2D eigenvalue weighted by Crippen LogP contribution is 2.10. The molecule has 0 aliphatic carbocycles. The summed E-state index contributed by atoms with van der Waals surface area (Å²) in [5, 5.41) is 39.3. The van der Waals surface area contributed by atoms with E-state index in [0.717, 1.165) is 6.92 Å². The molecule has 0 radical (unpaired) electrons. The van der Waals surface area contributed by atoms with E-state index >= 15 is 0 Å². The minimum Gasteiger partial charge on any atom is -0.481 e. The van der Waals surface area contributed by atoms with E-state index in [9.17, 15) is 39.0 Å². The molecule has 290 valence electrons. The van der Waals surface area contributed by atoms with Crippen molar-refractivity contribution in [1.82, 2.24) is 26.6 Å². The maximum atomic E-state index is 13.5. The van der Waals surface area contributed by atoms with E-state index in [1.165, 1.54) is 0 Å². The van der Waals surface area contributed by atoms with Gasteiger partial charge in [-0.3, -0.25) is 28.8 Å². The molecule has 0 spiro atoms. The zero-order chi connectivity index (χ0) is 39.1. The van der Waals surface area contributed by atoms with Gasteiger partial charge in [0, 0.05) is 12.7 Å². The molecule has 0 aliphatic rings. The first-order chi connectivity index (χ1) is 23.2. The van der Waals surface area contributed by atoms with Crippen molar-refractivity contribution in [2.45, 2.75) is 123 Å². The minimum absolute atomic E-state index is 0.0470. The van der Waals surface area contributed by atoms with Crippen LogP contribution in [-0.2, 0) is 33.6 Å². The molecule has 6 atom stereocenters. The molecule has 0 saturated carbocycles. The summed E-state index contributed by atoms with van der Waals surface area (Å²) in [5.74, 6) is -5.67. The summed E-state index contributed by atoms with van der Waals surface area (Å²) in [5.41, 5.74) is 11.6. The van der Waals surface area contributed by atoms with Crippen molar-refractivity contribution in [3.05, 3.63) is 0 Å². The molecule has 0 bridgehead atoms. The van der Waals surface area contributed by atoms with Crippen LogP contribution in [-0.4, -0.2) is 112 Å². The van der Waals surface area contributed by atoms with Gasteiger partial charge in [-0.2, -0.15) is 12.6 Å². The summed E-state index contributed by atoms with van der Waals surface area (Å²) < 4.78 is 0. The molecule has 18 heteroatoms.